The highest BCUT2D eigenvalue weighted by Gasteiger charge is 2.40. The third-order valence-corrected chi connectivity index (χ3v) is 6.19. The fourth-order valence-electron chi connectivity index (χ4n) is 3.78. The van der Waals surface area contributed by atoms with Gasteiger partial charge in [-0.3, -0.25) is 29.6 Å². The Morgan fingerprint density at radius 1 is 0.692 bits per heavy atom. The number of nitrogens with one attached hydrogen (secondary N) is 2. The van der Waals surface area contributed by atoms with Gasteiger partial charge < -0.3 is 20.8 Å². The number of nitrogens with zero attached hydrogens (tertiary/aromatic N) is 2. The topological polar surface area (TPSA) is 197 Å². The number of aliphatic hydroxyl groups is 1. The van der Waals surface area contributed by atoms with Crippen LogP contribution in [-0.2, 0) is 24.0 Å². The molecule has 0 radical (unpaired) electrons. The SMILES string of the molecule is CCCCCCCCCCCC(=O)N(O)CCCNC(=O)CC(O)(CC(=O)NCCCN(O)C(C)=O)C(=O)O. The minimum Gasteiger partial charge on any atom is -0.479 e. The Bertz CT molecular complexity index is 766. The number of hydroxylamine groups is 4. The molecule has 0 saturated carbocycles. The smallest absolute Gasteiger partial charge is 0.336 e. The molecule has 0 aromatic heterocycles. The van der Waals surface area contributed by atoms with Gasteiger partial charge in [-0.2, -0.15) is 0 Å². The van der Waals surface area contributed by atoms with Gasteiger partial charge in [0.15, 0.2) is 5.60 Å². The molecule has 0 fully saturated rings. The van der Waals surface area contributed by atoms with E-state index < -0.39 is 48.0 Å². The van der Waals surface area contributed by atoms with Crippen LogP contribution >= 0.6 is 0 Å². The third kappa shape index (κ3) is 18.2. The zero-order chi connectivity index (χ0) is 29.7. The van der Waals surface area contributed by atoms with Crippen molar-refractivity contribution < 1.29 is 44.6 Å². The van der Waals surface area contributed by atoms with E-state index >= 15 is 0 Å². The fraction of sp³-hybridized carbons (Fsp3) is 0.808. The largest absolute Gasteiger partial charge is 0.479 e. The van der Waals surface area contributed by atoms with Crippen molar-refractivity contribution in [2.75, 3.05) is 26.2 Å². The van der Waals surface area contributed by atoms with Crippen LogP contribution < -0.4 is 10.6 Å². The number of carbonyl (C=O) groups excluding carboxylic acids is 4. The number of aliphatic carboxylic acids is 1. The summed E-state index contributed by atoms with van der Waals surface area (Å²) in [6, 6.07) is 0. The monoisotopic (exact) mass is 560 g/mol. The summed E-state index contributed by atoms with van der Waals surface area (Å²) in [7, 11) is 0. The Kier molecular flexibility index (Phi) is 19.6. The van der Waals surface area contributed by atoms with Crippen molar-refractivity contribution >= 4 is 29.6 Å². The molecule has 13 heteroatoms. The number of hydrogen-bond donors (Lipinski definition) is 6. The molecule has 0 bridgehead atoms. The van der Waals surface area contributed by atoms with Crippen molar-refractivity contribution in [1.82, 2.24) is 20.8 Å². The molecule has 0 saturated heterocycles. The van der Waals surface area contributed by atoms with Gasteiger partial charge in [-0.25, -0.2) is 14.9 Å². The van der Waals surface area contributed by atoms with Crippen molar-refractivity contribution in [2.45, 2.75) is 109 Å². The van der Waals surface area contributed by atoms with Crippen LogP contribution in [0.2, 0.25) is 0 Å². The first-order chi connectivity index (χ1) is 18.4. The van der Waals surface area contributed by atoms with E-state index in [1.54, 1.807) is 0 Å². The summed E-state index contributed by atoms with van der Waals surface area (Å²) in [5.74, 6) is -4.34. The van der Waals surface area contributed by atoms with Gasteiger partial charge >= 0.3 is 5.97 Å². The molecule has 0 heterocycles. The molecule has 4 amide bonds. The summed E-state index contributed by atoms with van der Waals surface area (Å²) in [5.41, 5.74) is -2.63. The van der Waals surface area contributed by atoms with E-state index in [1.165, 1.54) is 32.1 Å². The number of rotatable bonds is 23. The Morgan fingerprint density at radius 2 is 1.13 bits per heavy atom. The standard InChI is InChI=1S/C26H48N4O9/c1-3-4-5-6-7-8-9-10-11-14-24(34)30(39)18-13-16-28-23(33)20-26(37,25(35)36)19-22(32)27-15-12-17-29(38)21(2)31/h37-39H,3-20H2,1-2H3,(H,27,32)(H,28,33)(H,35,36). The fourth-order valence-corrected chi connectivity index (χ4v) is 3.78. The molecule has 0 aliphatic carbocycles. The second kappa shape index (κ2) is 21.1. The predicted molar refractivity (Wildman–Crippen MR) is 142 cm³/mol. The lowest BCUT2D eigenvalue weighted by Gasteiger charge is -2.22. The quantitative estimate of drug-likeness (QED) is 0.0614. The highest BCUT2D eigenvalue weighted by atomic mass is 16.5. The maximum absolute atomic E-state index is 12.1. The molecule has 6 N–H and O–H groups in total. The number of carboxylic acids is 1. The van der Waals surface area contributed by atoms with Crippen molar-refractivity contribution in [1.29, 1.82) is 0 Å². The molecule has 0 aliphatic heterocycles. The molecular weight excluding hydrogens is 512 g/mol. The summed E-state index contributed by atoms with van der Waals surface area (Å²) in [5, 5.41) is 44.7. The van der Waals surface area contributed by atoms with Crippen LogP contribution in [0.25, 0.3) is 0 Å². The maximum atomic E-state index is 12.1. The van der Waals surface area contributed by atoms with Gasteiger partial charge in [0.1, 0.15) is 0 Å². The van der Waals surface area contributed by atoms with Gasteiger partial charge in [0, 0.05) is 26.4 Å². The lowest BCUT2D eigenvalue weighted by Crippen LogP contribution is -2.47. The predicted octanol–water partition coefficient (Wildman–Crippen LogP) is 1.97. The van der Waals surface area contributed by atoms with Crippen molar-refractivity contribution in [3.8, 4) is 0 Å². The number of unbranched alkanes of at least 4 members (excludes halogenated alkanes) is 8. The Balaban J connectivity index is 4.17. The van der Waals surface area contributed by atoms with E-state index in [0.29, 0.717) is 16.5 Å². The summed E-state index contributed by atoms with van der Waals surface area (Å²) >= 11 is 0. The molecule has 0 aliphatic rings. The second-order valence-electron chi connectivity index (χ2n) is 9.83. The minimum atomic E-state index is -2.63. The summed E-state index contributed by atoms with van der Waals surface area (Å²) < 4.78 is 0. The lowest BCUT2D eigenvalue weighted by atomic mass is 9.94. The molecular formula is C26H48N4O9. The van der Waals surface area contributed by atoms with E-state index in [1.807, 2.05) is 0 Å². The van der Waals surface area contributed by atoms with Crippen LogP contribution in [0.4, 0.5) is 0 Å². The summed E-state index contributed by atoms with van der Waals surface area (Å²) in [6.07, 6.45) is 8.93. The van der Waals surface area contributed by atoms with Gasteiger partial charge in [0.25, 0.3) is 0 Å². The van der Waals surface area contributed by atoms with Crippen LogP contribution in [0.3, 0.4) is 0 Å². The molecule has 39 heavy (non-hydrogen) atoms. The van der Waals surface area contributed by atoms with E-state index in [4.69, 9.17) is 0 Å². The normalized spacial score (nSPS) is 12.3. The van der Waals surface area contributed by atoms with Crippen LogP contribution in [0, 0.1) is 0 Å². The molecule has 226 valence electrons. The molecule has 1 atom stereocenters. The summed E-state index contributed by atoms with van der Waals surface area (Å²) in [4.78, 5) is 58.6. The van der Waals surface area contributed by atoms with Gasteiger partial charge in [-0.05, 0) is 19.3 Å². The number of hydrogen-bond acceptors (Lipinski definition) is 8. The van der Waals surface area contributed by atoms with Crippen LogP contribution in [0.1, 0.15) is 104 Å². The zero-order valence-electron chi connectivity index (χ0n) is 23.5. The van der Waals surface area contributed by atoms with Gasteiger partial charge in [0.05, 0.1) is 25.9 Å². The molecule has 13 nitrogen and oxygen atoms in total. The summed E-state index contributed by atoms with van der Waals surface area (Å²) in [6.45, 7) is 3.32. The molecule has 0 spiro atoms. The minimum absolute atomic E-state index is 0.0145. The van der Waals surface area contributed by atoms with Gasteiger partial charge in [0.2, 0.25) is 23.6 Å². The Labute approximate surface area is 230 Å². The van der Waals surface area contributed by atoms with E-state index in [2.05, 4.69) is 17.6 Å². The Morgan fingerprint density at radius 3 is 1.56 bits per heavy atom. The number of carbonyl (C=O) groups is 5. The first kappa shape index (κ1) is 36.2. The number of amides is 4. The molecule has 0 rings (SSSR count). The molecule has 1 unspecified atom stereocenters. The van der Waals surface area contributed by atoms with E-state index in [9.17, 15) is 44.6 Å². The van der Waals surface area contributed by atoms with Gasteiger partial charge in [-0.15, -0.1) is 0 Å². The van der Waals surface area contributed by atoms with Crippen molar-refractivity contribution in [2.24, 2.45) is 0 Å². The van der Waals surface area contributed by atoms with Crippen molar-refractivity contribution in [3.05, 3.63) is 0 Å². The maximum Gasteiger partial charge on any atom is 0.336 e. The third-order valence-electron chi connectivity index (χ3n) is 6.19. The Hall–Kier alpha value is -2.77. The highest BCUT2D eigenvalue weighted by Crippen LogP contribution is 2.16. The first-order valence-corrected chi connectivity index (χ1v) is 13.9. The zero-order valence-corrected chi connectivity index (χ0v) is 23.5. The first-order valence-electron chi connectivity index (χ1n) is 13.9. The van der Waals surface area contributed by atoms with Crippen molar-refractivity contribution in [3.63, 3.8) is 0 Å². The highest BCUT2D eigenvalue weighted by molar-refractivity contribution is 5.91. The van der Waals surface area contributed by atoms with Gasteiger partial charge in [-0.1, -0.05) is 58.3 Å². The van der Waals surface area contributed by atoms with E-state index in [-0.39, 0.29) is 45.4 Å². The lowest BCUT2D eigenvalue weighted by molar-refractivity contribution is -0.166. The molecule has 0 aromatic carbocycles. The average Bonchev–Trinajstić information content (AvgIpc) is 2.87. The van der Waals surface area contributed by atoms with Crippen LogP contribution in [0.5, 0.6) is 0 Å². The van der Waals surface area contributed by atoms with E-state index in [0.717, 1.165) is 26.2 Å². The molecule has 0 aromatic rings. The van der Waals surface area contributed by atoms with Crippen LogP contribution in [0.15, 0.2) is 0 Å². The van der Waals surface area contributed by atoms with Crippen LogP contribution in [-0.4, -0.2) is 92.1 Å². The average molecular weight is 561 g/mol. The number of carboxylic acid groups (broad SMARTS) is 1. The second-order valence-corrected chi connectivity index (χ2v) is 9.83.